The van der Waals surface area contributed by atoms with E-state index in [1.165, 1.54) is 33.5 Å². The molecule has 2 aliphatic rings. The summed E-state index contributed by atoms with van der Waals surface area (Å²) in [6, 6.07) is 4.47. The second kappa shape index (κ2) is 8.32. The summed E-state index contributed by atoms with van der Waals surface area (Å²) in [7, 11) is -3.56. The molecular formula is C17H22FN3O5S. The summed E-state index contributed by atoms with van der Waals surface area (Å²) in [5.74, 6) is -1.54. The number of nitrogens with one attached hydrogen (secondary N) is 1. The van der Waals surface area contributed by atoms with E-state index >= 15 is 0 Å². The minimum atomic E-state index is -3.56. The van der Waals surface area contributed by atoms with Gasteiger partial charge in [-0.2, -0.15) is 4.31 Å². The van der Waals surface area contributed by atoms with Crippen molar-refractivity contribution < 1.29 is 27.1 Å². The van der Waals surface area contributed by atoms with Crippen molar-refractivity contribution in [2.45, 2.75) is 12.5 Å². The van der Waals surface area contributed by atoms with Gasteiger partial charge in [-0.1, -0.05) is 12.1 Å². The molecule has 1 aromatic rings. The third kappa shape index (κ3) is 4.63. The molecule has 1 atom stereocenters. The van der Waals surface area contributed by atoms with E-state index in [-0.39, 0.29) is 37.7 Å². The highest BCUT2D eigenvalue weighted by molar-refractivity contribution is 7.89. The minimum Gasteiger partial charge on any atom is -0.379 e. The number of carbonyl (C=O) groups is 2. The van der Waals surface area contributed by atoms with Crippen molar-refractivity contribution in [3.8, 4) is 0 Å². The number of sulfonamides is 1. The molecule has 0 aliphatic carbocycles. The molecule has 0 saturated carbocycles. The lowest BCUT2D eigenvalue weighted by molar-refractivity contribution is -0.143. The van der Waals surface area contributed by atoms with Crippen molar-refractivity contribution in [2.24, 2.45) is 0 Å². The molecule has 10 heteroatoms. The first-order valence-corrected chi connectivity index (χ1v) is 10.4. The number of hydrogen-bond acceptors (Lipinski definition) is 5. The average molecular weight is 399 g/mol. The van der Waals surface area contributed by atoms with Crippen LogP contribution >= 0.6 is 0 Å². The Labute approximate surface area is 157 Å². The van der Waals surface area contributed by atoms with E-state index in [0.29, 0.717) is 25.3 Å². The molecule has 0 spiro atoms. The Balaban J connectivity index is 1.69. The van der Waals surface area contributed by atoms with Gasteiger partial charge in [-0.15, -0.1) is 0 Å². The molecule has 0 radical (unpaired) electrons. The van der Waals surface area contributed by atoms with Gasteiger partial charge in [-0.3, -0.25) is 9.59 Å². The van der Waals surface area contributed by atoms with Crippen LogP contribution in [0.2, 0.25) is 0 Å². The topological polar surface area (TPSA) is 96.0 Å². The highest BCUT2D eigenvalue weighted by Crippen LogP contribution is 2.24. The number of carbonyl (C=O) groups excluding carboxylic acids is 2. The van der Waals surface area contributed by atoms with Crippen LogP contribution in [0.3, 0.4) is 0 Å². The zero-order chi connectivity index (χ0) is 19.4. The van der Waals surface area contributed by atoms with Gasteiger partial charge in [0.1, 0.15) is 11.9 Å². The zero-order valence-corrected chi connectivity index (χ0v) is 15.6. The van der Waals surface area contributed by atoms with E-state index in [4.69, 9.17) is 4.74 Å². The van der Waals surface area contributed by atoms with Gasteiger partial charge in [0.05, 0.1) is 19.0 Å². The maximum Gasteiger partial charge on any atom is 0.247 e. The first-order chi connectivity index (χ1) is 12.9. The summed E-state index contributed by atoms with van der Waals surface area (Å²) in [4.78, 5) is 26.4. The molecule has 2 heterocycles. The zero-order valence-electron chi connectivity index (χ0n) is 14.8. The van der Waals surface area contributed by atoms with Crippen LogP contribution in [-0.4, -0.2) is 74.6 Å². The molecule has 2 aliphatic heterocycles. The summed E-state index contributed by atoms with van der Waals surface area (Å²) in [6.45, 7) is 1.79. The monoisotopic (exact) mass is 399 g/mol. The third-order valence-corrected chi connectivity index (χ3v) is 6.53. The summed E-state index contributed by atoms with van der Waals surface area (Å²) < 4.78 is 44.5. The Morgan fingerprint density at radius 3 is 2.52 bits per heavy atom. The predicted molar refractivity (Wildman–Crippen MR) is 94.7 cm³/mol. The predicted octanol–water partition coefficient (Wildman–Crippen LogP) is -0.123. The summed E-state index contributed by atoms with van der Waals surface area (Å²) in [5, 5.41) is 2.69. The Morgan fingerprint density at radius 1 is 1.19 bits per heavy atom. The number of benzene rings is 1. The Bertz CT molecular complexity index is 793. The first-order valence-electron chi connectivity index (χ1n) is 8.77. The normalized spacial score (nSPS) is 21.7. The number of halogens is 1. The number of piperazine rings is 1. The number of rotatable bonds is 5. The van der Waals surface area contributed by atoms with Crippen molar-refractivity contribution in [1.82, 2.24) is 14.5 Å². The lowest BCUT2D eigenvalue weighted by Gasteiger charge is -2.35. The van der Waals surface area contributed by atoms with Crippen molar-refractivity contribution >= 4 is 21.8 Å². The van der Waals surface area contributed by atoms with Crippen LogP contribution in [0.4, 0.5) is 4.39 Å². The minimum absolute atomic E-state index is 0.218. The van der Waals surface area contributed by atoms with E-state index < -0.39 is 27.8 Å². The maximum atomic E-state index is 13.2. The van der Waals surface area contributed by atoms with Crippen LogP contribution < -0.4 is 5.32 Å². The molecule has 148 valence electrons. The molecule has 8 nitrogen and oxygen atoms in total. The SMILES string of the molecule is O=C1NCCN(C(=O)CCS(=O)(=O)N2CCOCC2)C1c1ccc(F)cc1. The van der Waals surface area contributed by atoms with E-state index in [0.717, 1.165) is 0 Å². The molecule has 27 heavy (non-hydrogen) atoms. The second-order valence-corrected chi connectivity index (χ2v) is 8.50. The van der Waals surface area contributed by atoms with Gasteiger partial charge in [0.15, 0.2) is 0 Å². The standard InChI is InChI=1S/C17H22FN3O5S/c18-14-3-1-13(2-4-14)16-17(23)19-6-7-21(16)15(22)5-12-27(24,25)20-8-10-26-11-9-20/h1-4,16H,5-12H2,(H,19,23). The molecule has 0 bridgehead atoms. The van der Waals surface area contributed by atoms with Crippen LogP contribution in [0, 0.1) is 5.82 Å². The van der Waals surface area contributed by atoms with Crippen molar-refractivity contribution in [2.75, 3.05) is 45.1 Å². The van der Waals surface area contributed by atoms with E-state index in [1.54, 1.807) is 0 Å². The lowest BCUT2D eigenvalue weighted by Crippen LogP contribution is -2.52. The molecule has 2 fully saturated rings. The van der Waals surface area contributed by atoms with E-state index in [1.807, 2.05) is 0 Å². The van der Waals surface area contributed by atoms with E-state index in [9.17, 15) is 22.4 Å². The second-order valence-electron chi connectivity index (χ2n) is 6.41. The molecule has 2 amide bonds. The third-order valence-electron chi connectivity index (χ3n) is 4.66. The van der Waals surface area contributed by atoms with Gasteiger partial charge < -0.3 is 15.0 Å². The molecular weight excluding hydrogens is 377 g/mol. The summed E-state index contributed by atoms with van der Waals surface area (Å²) >= 11 is 0. The van der Waals surface area contributed by atoms with Gasteiger partial charge in [-0.05, 0) is 17.7 Å². The van der Waals surface area contributed by atoms with Gasteiger partial charge in [0.2, 0.25) is 21.8 Å². The van der Waals surface area contributed by atoms with Crippen molar-refractivity contribution in [3.63, 3.8) is 0 Å². The van der Waals surface area contributed by atoms with Crippen molar-refractivity contribution in [1.29, 1.82) is 0 Å². The summed E-state index contributed by atoms with van der Waals surface area (Å²) in [5.41, 5.74) is 0.484. The van der Waals surface area contributed by atoms with Crippen LogP contribution in [0.15, 0.2) is 24.3 Å². The Hall–Kier alpha value is -2.04. The van der Waals surface area contributed by atoms with Crippen LogP contribution in [-0.2, 0) is 24.3 Å². The molecule has 1 unspecified atom stereocenters. The molecule has 0 aromatic heterocycles. The Morgan fingerprint density at radius 2 is 1.85 bits per heavy atom. The highest BCUT2D eigenvalue weighted by Gasteiger charge is 2.35. The maximum absolute atomic E-state index is 13.2. The first kappa shape index (κ1) is 19.7. The quantitative estimate of drug-likeness (QED) is 0.745. The largest absolute Gasteiger partial charge is 0.379 e. The number of amides is 2. The molecule has 1 N–H and O–H groups in total. The summed E-state index contributed by atoms with van der Waals surface area (Å²) in [6.07, 6.45) is -0.218. The molecule has 3 rings (SSSR count). The number of ether oxygens (including phenoxy) is 1. The van der Waals surface area contributed by atoms with Crippen LogP contribution in [0.25, 0.3) is 0 Å². The van der Waals surface area contributed by atoms with Crippen LogP contribution in [0.5, 0.6) is 0 Å². The van der Waals surface area contributed by atoms with E-state index in [2.05, 4.69) is 5.32 Å². The number of hydrogen-bond donors (Lipinski definition) is 1. The lowest BCUT2D eigenvalue weighted by atomic mass is 10.0. The van der Waals surface area contributed by atoms with Gasteiger partial charge in [0, 0.05) is 32.6 Å². The van der Waals surface area contributed by atoms with Gasteiger partial charge in [-0.25, -0.2) is 12.8 Å². The fourth-order valence-corrected chi connectivity index (χ4v) is 4.62. The molecule has 1 aromatic carbocycles. The van der Waals surface area contributed by atoms with Gasteiger partial charge >= 0.3 is 0 Å². The molecule has 2 saturated heterocycles. The Kier molecular flexibility index (Phi) is 6.08. The average Bonchev–Trinajstić information content (AvgIpc) is 2.67. The highest BCUT2D eigenvalue weighted by atomic mass is 32.2. The number of morpholine rings is 1. The number of nitrogens with zero attached hydrogens (tertiary/aromatic N) is 2. The van der Waals surface area contributed by atoms with Crippen LogP contribution in [0.1, 0.15) is 18.0 Å². The fraction of sp³-hybridized carbons (Fsp3) is 0.529. The fourth-order valence-electron chi connectivity index (χ4n) is 3.23. The van der Waals surface area contributed by atoms with Crippen molar-refractivity contribution in [3.05, 3.63) is 35.6 Å². The smallest absolute Gasteiger partial charge is 0.247 e. The van der Waals surface area contributed by atoms with Gasteiger partial charge in [0.25, 0.3) is 0 Å².